The standard InChI is InChI=1S/C21H21Cl2NS2/c1-21(2,3)16-6-4-5-7-19(16)25-12-15-13-26-20(24-15)11-14-8-9-17(22)18(23)10-14/h4-10,13H,11-12H2,1-3H3. The third kappa shape index (κ3) is 5.04. The van der Waals surface area contributed by atoms with Gasteiger partial charge in [-0.3, -0.25) is 0 Å². The van der Waals surface area contributed by atoms with Gasteiger partial charge in [-0.25, -0.2) is 4.98 Å². The molecule has 1 aromatic heterocycles. The first kappa shape index (κ1) is 19.8. The van der Waals surface area contributed by atoms with Gasteiger partial charge in [0.05, 0.1) is 20.7 Å². The predicted molar refractivity (Wildman–Crippen MR) is 116 cm³/mol. The van der Waals surface area contributed by atoms with Gasteiger partial charge in [-0.2, -0.15) is 0 Å². The van der Waals surface area contributed by atoms with E-state index >= 15 is 0 Å². The van der Waals surface area contributed by atoms with Crippen molar-refractivity contribution >= 4 is 46.3 Å². The highest BCUT2D eigenvalue weighted by atomic mass is 35.5. The van der Waals surface area contributed by atoms with Crippen molar-refractivity contribution in [1.29, 1.82) is 0 Å². The lowest BCUT2D eigenvalue weighted by atomic mass is 9.87. The number of benzene rings is 2. The smallest absolute Gasteiger partial charge is 0.0972 e. The van der Waals surface area contributed by atoms with Crippen LogP contribution in [0.5, 0.6) is 0 Å². The van der Waals surface area contributed by atoms with Crippen LogP contribution >= 0.6 is 46.3 Å². The summed E-state index contributed by atoms with van der Waals surface area (Å²) in [6.07, 6.45) is 0.783. The number of hydrogen-bond acceptors (Lipinski definition) is 3. The van der Waals surface area contributed by atoms with E-state index < -0.39 is 0 Å². The van der Waals surface area contributed by atoms with Crippen molar-refractivity contribution in [2.24, 2.45) is 0 Å². The first-order valence-corrected chi connectivity index (χ1v) is 11.0. The molecule has 0 atom stereocenters. The third-order valence-corrected chi connectivity index (χ3v) is 6.75. The molecule has 3 aromatic rings. The van der Waals surface area contributed by atoms with Crippen molar-refractivity contribution in [3.05, 3.63) is 79.7 Å². The van der Waals surface area contributed by atoms with Crippen LogP contribution in [0, 0.1) is 0 Å². The van der Waals surface area contributed by atoms with Gasteiger partial charge in [0.1, 0.15) is 0 Å². The highest BCUT2D eigenvalue weighted by Gasteiger charge is 2.17. The van der Waals surface area contributed by atoms with Crippen LogP contribution in [0.2, 0.25) is 10.0 Å². The van der Waals surface area contributed by atoms with Crippen LogP contribution in [0.25, 0.3) is 0 Å². The zero-order valence-electron chi connectivity index (χ0n) is 15.1. The second kappa shape index (κ2) is 8.35. The molecule has 0 saturated heterocycles. The lowest BCUT2D eigenvalue weighted by Crippen LogP contribution is -2.12. The number of thiazole rings is 1. The van der Waals surface area contributed by atoms with Crippen LogP contribution < -0.4 is 0 Å². The molecule has 0 radical (unpaired) electrons. The Morgan fingerprint density at radius 2 is 1.81 bits per heavy atom. The highest BCUT2D eigenvalue weighted by Crippen LogP contribution is 2.34. The summed E-state index contributed by atoms with van der Waals surface area (Å²) in [5, 5.41) is 4.43. The van der Waals surface area contributed by atoms with Gasteiger partial charge in [0.15, 0.2) is 0 Å². The number of hydrogen-bond donors (Lipinski definition) is 0. The molecule has 1 heterocycles. The molecule has 0 saturated carbocycles. The minimum Gasteiger partial charge on any atom is -0.245 e. The fourth-order valence-corrected chi connectivity index (χ4v) is 5.09. The molecule has 3 rings (SSSR count). The van der Waals surface area contributed by atoms with E-state index in [-0.39, 0.29) is 5.41 Å². The van der Waals surface area contributed by atoms with Gasteiger partial charge in [-0.1, -0.05) is 68.2 Å². The lowest BCUT2D eigenvalue weighted by Gasteiger charge is -2.22. The molecular formula is C21H21Cl2NS2. The maximum absolute atomic E-state index is 6.10. The van der Waals surface area contributed by atoms with Crippen LogP contribution in [0.15, 0.2) is 52.7 Å². The molecule has 0 aliphatic heterocycles. The van der Waals surface area contributed by atoms with E-state index in [1.165, 1.54) is 10.5 Å². The SMILES string of the molecule is CC(C)(C)c1ccccc1SCc1csc(Cc2ccc(Cl)c(Cl)c2)n1. The quantitative estimate of drug-likeness (QED) is 0.392. The molecule has 0 aliphatic carbocycles. The maximum atomic E-state index is 6.10. The van der Waals surface area contributed by atoms with Gasteiger partial charge in [0.25, 0.3) is 0 Å². The Bertz CT molecular complexity index is 897. The first-order valence-electron chi connectivity index (χ1n) is 8.42. The van der Waals surface area contributed by atoms with Gasteiger partial charge in [-0.05, 0) is 34.7 Å². The summed E-state index contributed by atoms with van der Waals surface area (Å²) in [6, 6.07) is 14.4. The topological polar surface area (TPSA) is 12.9 Å². The minimum atomic E-state index is 0.144. The second-order valence-electron chi connectivity index (χ2n) is 7.19. The normalized spacial score (nSPS) is 11.7. The number of aromatic nitrogens is 1. The summed E-state index contributed by atoms with van der Waals surface area (Å²) in [7, 11) is 0. The van der Waals surface area contributed by atoms with E-state index in [2.05, 4.69) is 50.4 Å². The molecule has 0 amide bonds. The van der Waals surface area contributed by atoms with E-state index in [1.54, 1.807) is 11.3 Å². The van der Waals surface area contributed by atoms with Gasteiger partial charge >= 0.3 is 0 Å². The molecule has 0 N–H and O–H groups in total. The average Bonchev–Trinajstić information content (AvgIpc) is 3.03. The molecule has 0 unspecified atom stereocenters. The molecule has 2 aromatic carbocycles. The predicted octanol–water partition coefficient (Wildman–Crippen LogP) is 7.63. The Labute approximate surface area is 173 Å². The zero-order chi connectivity index (χ0) is 18.7. The summed E-state index contributed by atoms with van der Waals surface area (Å²) < 4.78 is 0. The van der Waals surface area contributed by atoms with Gasteiger partial charge < -0.3 is 0 Å². The number of nitrogens with zero attached hydrogens (tertiary/aromatic N) is 1. The largest absolute Gasteiger partial charge is 0.245 e. The van der Waals surface area contributed by atoms with Crippen molar-refractivity contribution in [3.8, 4) is 0 Å². The minimum absolute atomic E-state index is 0.144. The summed E-state index contributed by atoms with van der Waals surface area (Å²) in [4.78, 5) is 6.12. The summed E-state index contributed by atoms with van der Waals surface area (Å²) in [6.45, 7) is 6.76. The van der Waals surface area contributed by atoms with Crippen LogP contribution in [0.4, 0.5) is 0 Å². The van der Waals surface area contributed by atoms with E-state index in [9.17, 15) is 0 Å². The van der Waals surface area contributed by atoms with Gasteiger partial charge in [0.2, 0.25) is 0 Å². The number of thioether (sulfide) groups is 1. The third-order valence-electron chi connectivity index (χ3n) is 4.01. The van der Waals surface area contributed by atoms with Crippen LogP contribution in [-0.4, -0.2) is 4.98 Å². The number of rotatable bonds is 5. The number of halogens is 2. The second-order valence-corrected chi connectivity index (χ2v) is 9.97. The van der Waals surface area contributed by atoms with Crippen molar-refractivity contribution in [2.45, 2.75) is 43.3 Å². The maximum Gasteiger partial charge on any atom is 0.0972 e. The first-order chi connectivity index (χ1) is 12.3. The molecule has 0 aliphatic rings. The Kier molecular flexibility index (Phi) is 6.34. The molecule has 1 nitrogen and oxygen atoms in total. The molecule has 0 bridgehead atoms. The van der Waals surface area contributed by atoms with Crippen molar-refractivity contribution in [1.82, 2.24) is 4.98 Å². The fourth-order valence-electron chi connectivity index (χ4n) is 2.68. The van der Waals surface area contributed by atoms with Crippen molar-refractivity contribution in [2.75, 3.05) is 0 Å². The molecular weight excluding hydrogens is 401 g/mol. The lowest BCUT2D eigenvalue weighted by molar-refractivity contribution is 0.578. The van der Waals surface area contributed by atoms with Crippen LogP contribution in [0.3, 0.4) is 0 Å². The Hall–Kier alpha value is -1.00. The molecule has 0 spiro atoms. The summed E-state index contributed by atoms with van der Waals surface area (Å²) >= 11 is 15.6. The zero-order valence-corrected chi connectivity index (χ0v) is 18.2. The van der Waals surface area contributed by atoms with Crippen LogP contribution in [-0.2, 0) is 17.6 Å². The Morgan fingerprint density at radius 1 is 1.04 bits per heavy atom. The molecule has 5 heteroatoms. The van der Waals surface area contributed by atoms with Crippen molar-refractivity contribution < 1.29 is 0 Å². The van der Waals surface area contributed by atoms with E-state index in [4.69, 9.17) is 28.2 Å². The van der Waals surface area contributed by atoms with E-state index in [1.807, 2.05) is 30.0 Å². The molecule has 26 heavy (non-hydrogen) atoms. The van der Waals surface area contributed by atoms with Crippen molar-refractivity contribution in [3.63, 3.8) is 0 Å². The highest BCUT2D eigenvalue weighted by molar-refractivity contribution is 7.98. The Balaban J connectivity index is 1.67. The monoisotopic (exact) mass is 421 g/mol. The molecule has 136 valence electrons. The summed E-state index contributed by atoms with van der Waals surface area (Å²) in [5.74, 6) is 0.880. The Morgan fingerprint density at radius 3 is 2.54 bits per heavy atom. The fraction of sp³-hybridized carbons (Fsp3) is 0.286. The molecule has 0 fully saturated rings. The van der Waals surface area contributed by atoms with Crippen LogP contribution in [0.1, 0.15) is 42.6 Å². The van der Waals surface area contributed by atoms with E-state index in [0.717, 1.165) is 28.4 Å². The average molecular weight is 422 g/mol. The van der Waals surface area contributed by atoms with Gasteiger partial charge in [0, 0.05) is 22.4 Å². The van der Waals surface area contributed by atoms with Gasteiger partial charge in [-0.15, -0.1) is 23.1 Å². The summed E-state index contributed by atoms with van der Waals surface area (Å²) in [5.41, 5.74) is 3.78. The van der Waals surface area contributed by atoms with E-state index in [0.29, 0.717) is 10.0 Å².